The lowest BCUT2D eigenvalue weighted by Gasteiger charge is -2.16. The standard InChI is InChI=1S/C19H19N3O2/c20-19-21-10-14(11-22-19)18-16-6-2-1-4-13(16)7-8-17(18)24-12-15-5-3-9-23-15/h1-2,4,6-8,10-11,15H,3,5,9,12H2,(H2,20,21,22). The van der Waals surface area contributed by atoms with Gasteiger partial charge in [0, 0.05) is 30.1 Å². The lowest BCUT2D eigenvalue weighted by atomic mass is 9.99. The lowest BCUT2D eigenvalue weighted by molar-refractivity contribution is 0.0682. The van der Waals surface area contributed by atoms with E-state index < -0.39 is 0 Å². The van der Waals surface area contributed by atoms with Crippen molar-refractivity contribution >= 4 is 16.7 Å². The quantitative estimate of drug-likeness (QED) is 0.797. The van der Waals surface area contributed by atoms with Gasteiger partial charge in [0.15, 0.2) is 0 Å². The first kappa shape index (κ1) is 14.9. The molecule has 1 fully saturated rings. The third-order valence-corrected chi connectivity index (χ3v) is 4.30. The van der Waals surface area contributed by atoms with Crippen LogP contribution in [0.25, 0.3) is 21.9 Å². The number of fused-ring (bicyclic) bond motifs is 1. The fraction of sp³-hybridized carbons (Fsp3) is 0.263. The zero-order valence-electron chi connectivity index (χ0n) is 13.3. The third kappa shape index (κ3) is 2.90. The first-order valence-corrected chi connectivity index (χ1v) is 8.15. The molecule has 2 aromatic carbocycles. The maximum absolute atomic E-state index is 6.10. The van der Waals surface area contributed by atoms with Crippen LogP contribution in [0.5, 0.6) is 5.75 Å². The molecule has 24 heavy (non-hydrogen) atoms. The SMILES string of the molecule is Nc1ncc(-c2c(OCC3CCCO3)ccc3ccccc23)cn1. The van der Waals surface area contributed by atoms with Crippen molar-refractivity contribution in [1.29, 1.82) is 0 Å². The van der Waals surface area contributed by atoms with E-state index in [1.807, 2.05) is 18.2 Å². The van der Waals surface area contributed by atoms with Crippen molar-refractivity contribution in [2.75, 3.05) is 18.9 Å². The maximum Gasteiger partial charge on any atom is 0.219 e. The van der Waals surface area contributed by atoms with Crippen LogP contribution in [0.2, 0.25) is 0 Å². The number of nitrogens with two attached hydrogens (primary N) is 1. The number of hydrogen-bond donors (Lipinski definition) is 1. The minimum Gasteiger partial charge on any atom is -0.490 e. The molecule has 4 rings (SSSR count). The van der Waals surface area contributed by atoms with Crippen molar-refractivity contribution in [3.8, 4) is 16.9 Å². The van der Waals surface area contributed by atoms with Crippen LogP contribution < -0.4 is 10.5 Å². The Morgan fingerprint density at radius 3 is 2.75 bits per heavy atom. The van der Waals surface area contributed by atoms with Gasteiger partial charge in [0.05, 0.1) is 6.10 Å². The van der Waals surface area contributed by atoms with Gasteiger partial charge in [-0.15, -0.1) is 0 Å². The molecule has 0 saturated carbocycles. The largest absolute Gasteiger partial charge is 0.490 e. The Hall–Kier alpha value is -2.66. The van der Waals surface area contributed by atoms with Crippen LogP contribution in [0.1, 0.15) is 12.8 Å². The number of hydrogen-bond acceptors (Lipinski definition) is 5. The molecule has 1 atom stereocenters. The maximum atomic E-state index is 6.10. The summed E-state index contributed by atoms with van der Waals surface area (Å²) in [6, 6.07) is 12.3. The number of aromatic nitrogens is 2. The van der Waals surface area contributed by atoms with E-state index in [9.17, 15) is 0 Å². The van der Waals surface area contributed by atoms with E-state index in [4.69, 9.17) is 15.2 Å². The van der Waals surface area contributed by atoms with Gasteiger partial charge in [0.2, 0.25) is 5.95 Å². The molecule has 3 aromatic rings. The van der Waals surface area contributed by atoms with Gasteiger partial charge in [-0.1, -0.05) is 30.3 Å². The molecule has 0 amide bonds. The molecule has 5 nitrogen and oxygen atoms in total. The predicted octanol–water partition coefficient (Wildman–Crippen LogP) is 3.44. The van der Waals surface area contributed by atoms with Crippen LogP contribution in [0.15, 0.2) is 48.8 Å². The van der Waals surface area contributed by atoms with Gasteiger partial charge in [-0.05, 0) is 29.7 Å². The molecule has 122 valence electrons. The van der Waals surface area contributed by atoms with E-state index in [1.165, 1.54) is 0 Å². The molecule has 0 bridgehead atoms. The summed E-state index contributed by atoms with van der Waals surface area (Å²) in [4.78, 5) is 8.25. The molecule has 2 heterocycles. The summed E-state index contributed by atoms with van der Waals surface area (Å²) in [7, 11) is 0. The minimum atomic E-state index is 0.173. The molecule has 5 heteroatoms. The molecular formula is C19H19N3O2. The number of anilines is 1. The molecular weight excluding hydrogens is 302 g/mol. The zero-order valence-corrected chi connectivity index (χ0v) is 13.3. The average molecular weight is 321 g/mol. The summed E-state index contributed by atoms with van der Waals surface area (Å²) >= 11 is 0. The second kappa shape index (κ2) is 6.45. The number of rotatable bonds is 4. The summed E-state index contributed by atoms with van der Waals surface area (Å²) < 4.78 is 11.8. The Morgan fingerprint density at radius 2 is 1.96 bits per heavy atom. The van der Waals surface area contributed by atoms with Gasteiger partial charge in [0.25, 0.3) is 0 Å². The summed E-state index contributed by atoms with van der Waals surface area (Å²) in [5.74, 6) is 1.08. The van der Waals surface area contributed by atoms with Crippen LogP contribution in [-0.4, -0.2) is 29.3 Å². The molecule has 1 unspecified atom stereocenters. The first-order valence-electron chi connectivity index (χ1n) is 8.15. The Bertz CT molecular complexity index is 843. The first-order chi connectivity index (χ1) is 11.8. The second-order valence-corrected chi connectivity index (χ2v) is 5.94. The molecule has 1 saturated heterocycles. The molecule has 0 aliphatic carbocycles. The topological polar surface area (TPSA) is 70.3 Å². The van der Waals surface area contributed by atoms with Crippen molar-refractivity contribution in [2.24, 2.45) is 0 Å². The van der Waals surface area contributed by atoms with Crippen molar-refractivity contribution in [1.82, 2.24) is 9.97 Å². The molecule has 0 radical (unpaired) electrons. The van der Waals surface area contributed by atoms with Crippen molar-refractivity contribution in [2.45, 2.75) is 18.9 Å². The number of benzene rings is 2. The van der Waals surface area contributed by atoms with Crippen LogP contribution in [-0.2, 0) is 4.74 Å². The highest BCUT2D eigenvalue weighted by Crippen LogP contribution is 2.37. The van der Waals surface area contributed by atoms with Gasteiger partial charge in [-0.25, -0.2) is 9.97 Å². The highest BCUT2D eigenvalue weighted by Gasteiger charge is 2.18. The molecule has 0 spiro atoms. The van der Waals surface area contributed by atoms with Crippen molar-refractivity contribution in [3.05, 3.63) is 48.8 Å². The summed E-state index contributed by atoms with van der Waals surface area (Å²) in [6.45, 7) is 1.38. The van der Waals surface area contributed by atoms with Crippen LogP contribution in [0.3, 0.4) is 0 Å². The van der Waals surface area contributed by atoms with E-state index in [1.54, 1.807) is 12.4 Å². The summed E-state index contributed by atoms with van der Waals surface area (Å²) in [5, 5.41) is 2.25. The number of nitrogens with zero attached hydrogens (tertiary/aromatic N) is 2. The number of nitrogen functional groups attached to an aromatic ring is 1. The van der Waals surface area contributed by atoms with Gasteiger partial charge >= 0.3 is 0 Å². The summed E-state index contributed by atoms with van der Waals surface area (Å²) in [6.07, 6.45) is 5.80. The second-order valence-electron chi connectivity index (χ2n) is 5.94. The Balaban J connectivity index is 1.77. The average Bonchev–Trinajstić information content (AvgIpc) is 3.14. The van der Waals surface area contributed by atoms with Crippen molar-refractivity contribution in [3.63, 3.8) is 0 Å². The zero-order chi connectivity index (χ0) is 16.4. The molecule has 1 aliphatic rings. The fourth-order valence-corrected chi connectivity index (χ4v) is 3.10. The van der Waals surface area contributed by atoms with Crippen LogP contribution in [0, 0.1) is 0 Å². The van der Waals surface area contributed by atoms with Gasteiger partial charge in [-0.2, -0.15) is 0 Å². The highest BCUT2D eigenvalue weighted by atomic mass is 16.5. The Morgan fingerprint density at radius 1 is 1.12 bits per heavy atom. The van der Waals surface area contributed by atoms with Gasteiger partial charge < -0.3 is 15.2 Å². The monoisotopic (exact) mass is 321 g/mol. The molecule has 1 aromatic heterocycles. The van der Waals surface area contributed by atoms with Gasteiger partial charge in [-0.3, -0.25) is 0 Å². The van der Waals surface area contributed by atoms with Crippen molar-refractivity contribution < 1.29 is 9.47 Å². The van der Waals surface area contributed by atoms with Gasteiger partial charge in [0.1, 0.15) is 12.4 Å². The van der Waals surface area contributed by atoms with Crippen LogP contribution in [0.4, 0.5) is 5.95 Å². The minimum absolute atomic E-state index is 0.173. The van der Waals surface area contributed by atoms with E-state index in [-0.39, 0.29) is 12.1 Å². The highest BCUT2D eigenvalue weighted by molar-refractivity contribution is 5.99. The Kier molecular flexibility index (Phi) is 4.01. The molecule has 2 N–H and O–H groups in total. The normalized spacial score (nSPS) is 17.2. The van der Waals surface area contributed by atoms with E-state index >= 15 is 0 Å². The fourth-order valence-electron chi connectivity index (χ4n) is 3.10. The van der Waals surface area contributed by atoms with E-state index in [0.717, 1.165) is 47.1 Å². The smallest absolute Gasteiger partial charge is 0.219 e. The summed E-state index contributed by atoms with van der Waals surface area (Å²) in [5.41, 5.74) is 7.51. The Labute approximate surface area is 140 Å². The molecule has 1 aliphatic heterocycles. The number of ether oxygens (including phenoxy) is 2. The van der Waals surface area contributed by atoms with Crippen LogP contribution >= 0.6 is 0 Å². The lowest BCUT2D eigenvalue weighted by Crippen LogP contribution is -2.16. The third-order valence-electron chi connectivity index (χ3n) is 4.30. The van der Waals surface area contributed by atoms with E-state index in [0.29, 0.717) is 6.61 Å². The predicted molar refractivity (Wildman–Crippen MR) is 93.9 cm³/mol. The van der Waals surface area contributed by atoms with E-state index in [2.05, 4.69) is 28.2 Å².